The van der Waals surface area contributed by atoms with Crippen LogP contribution in [0.1, 0.15) is 40.5 Å². The molecular weight excluding hydrogens is 204 g/mol. The Morgan fingerprint density at radius 1 is 1.13 bits per heavy atom. The molecular formula is C12H24N2S. The molecule has 0 amide bonds. The van der Waals surface area contributed by atoms with Crippen molar-refractivity contribution in [3.63, 3.8) is 0 Å². The van der Waals surface area contributed by atoms with Crippen molar-refractivity contribution in [2.45, 2.75) is 63.5 Å². The first kappa shape index (κ1) is 11.7. The molecule has 0 spiro atoms. The Hall–Kier alpha value is 0.270. The molecule has 0 aromatic carbocycles. The predicted octanol–water partition coefficient (Wildman–Crippen LogP) is 2.21. The fourth-order valence-corrected chi connectivity index (χ4v) is 3.42. The van der Waals surface area contributed by atoms with Gasteiger partial charge in [-0.15, -0.1) is 0 Å². The average Bonchev–Trinajstić information content (AvgIpc) is 2.16. The number of rotatable bonds is 1. The van der Waals surface area contributed by atoms with Gasteiger partial charge in [-0.25, -0.2) is 0 Å². The Bertz CT molecular complexity index is 234. The minimum absolute atomic E-state index is 0.329. The van der Waals surface area contributed by atoms with Crippen LogP contribution in [0.25, 0.3) is 0 Å². The van der Waals surface area contributed by atoms with Gasteiger partial charge in [0.15, 0.2) is 0 Å². The van der Waals surface area contributed by atoms with Crippen LogP contribution in [0.3, 0.4) is 0 Å². The maximum absolute atomic E-state index is 4.58. The second-order valence-corrected chi connectivity index (χ2v) is 6.78. The molecule has 3 heteroatoms. The highest BCUT2D eigenvalue weighted by molar-refractivity contribution is 7.80. The highest BCUT2D eigenvalue weighted by atomic mass is 32.1. The Labute approximate surface area is 99.4 Å². The summed E-state index contributed by atoms with van der Waals surface area (Å²) in [5, 5.41) is 0.417. The summed E-state index contributed by atoms with van der Waals surface area (Å²) in [6.07, 6.45) is 2.74. The third-order valence-corrected chi connectivity index (χ3v) is 4.21. The standard InChI is InChI=1S/C12H24N2S/c1-9(15)13-7-11-6-5-10(13)8-14(11)12(2,3)4/h9-11,15H,5-8H2,1-4H3. The van der Waals surface area contributed by atoms with Crippen LogP contribution >= 0.6 is 12.6 Å². The van der Waals surface area contributed by atoms with Crippen molar-refractivity contribution in [3.05, 3.63) is 0 Å². The van der Waals surface area contributed by atoms with E-state index in [4.69, 9.17) is 0 Å². The Kier molecular flexibility index (Phi) is 3.08. The van der Waals surface area contributed by atoms with Crippen LogP contribution in [0, 0.1) is 0 Å². The molecule has 0 aromatic rings. The molecule has 0 aromatic heterocycles. The van der Waals surface area contributed by atoms with E-state index in [0.717, 1.165) is 12.1 Å². The summed E-state index contributed by atoms with van der Waals surface area (Å²) in [4.78, 5) is 5.26. The lowest BCUT2D eigenvalue weighted by atomic mass is 9.87. The van der Waals surface area contributed by atoms with Crippen molar-refractivity contribution >= 4 is 12.6 Å². The maximum Gasteiger partial charge on any atom is 0.0503 e. The van der Waals surface area contributed by atoms with E-state index in [1.54, 1.807) is 0 Å². The molecule has 0 N–H and O–H groups in total. The number of piperazine rings is 1. The molecule has 3 aliphatic heterocycles. The molecule has 3 saturated heterocycles. The first-order valence-electron chi connectivity index (χ1n) is 6.10. The minimum atomic E-state index is 0.329. The van der Waals surface area contributed by atoms with Crippen molar-refractivity contribution in [2.75, 3.05) is 13.1 Å². The van der Waals surface area contributed by atoms with E-state index in [1.807, 2.05) is 0 Å². The SMILES string of the molecule is CC(S)N1CC2CCC1CN2C(C)(C)C. The zero-order valence-electron chi connectivity index (χ0n) is 10.4. The third kappa shape index (κ3) is 2.20. The summed E-state index contributed by atoms with van der Waals surface area (Å²) < 4.78 is 0. The van der Waals surface area contributed by atoms with Crippen LogP contribution in [0.15, 0.2) is 0 Å². The van der Waals surface area contributed by atoms with Gasteiger partial charge in [0, 0.05) is 30.7 Å². The van der Waals surface area contributed by atoms with E-state index in [9.17, 15) is 0 Å². The topological polar surface area (TPSA) is 6.48 Å². The van der Waals surface area contributed by atoms with E-state index in [0.29, 0.717) is 10.9 Å². The zero-order valence-corrected chi connectivity index (χ0v) is 11.3. The summed E-state index contributed by atoms with van der Waals surface area (Å²) >= 11 is 4.58. The first-order chi connectivity index (χ1) is 6.89. The molecule has 3 rings (SSSR count). The van der Waals surface area contributed by atoms with Crippen LogP contribution < -0.4 is 0 Å². The van der Waals surface area contributed by atoms with Crippen molar-refractivity contribution in [1.82, 2.24) is 9.80 Å². The largest absolute Gasteiger partial charge is 0.293 e. The van der Waals surface area contributed by atoms with Gasteiger partial charge < -0.3 is 0 Å². The van der Waals surface area contributed by atoms with Crippen LogP contribution in [-0.4, -0.2) is 45.9 Å². The highest BCUT2D eigenvalue weighted by Crippen LogP contribution is 2.34. The molecule has 2 nitrogen and oxygen atoms in total. The molecule has 3 heterocycles. The van der Waals surface area contributed by atoms with Crippen LogP contribution in [0.2, 0.25) is 0 Å². The third-order valence-electron chi connectivity index (χ3n) is 3.91. The number of hydrogen-bond donors (Lipinski definition) is 1. The lowest BCUT2D eigenvalue weighted by molar-refractivity contribution is -0.0654. The Morgan fingerprint density at radius 2 is 1.73 bits per heavy atom. The van der Waals surface area contributed by atoms with E-state index in [1.165, 1.54) is 25.9 Å². The monoisotopic (exact) mass is 228 g/mol. The average molecular weight is 228 g/mol. The minimum Gasteiger partial charge on any atom is -0.293 e. The van der Waals surface area contributed by atoms with Gasteiger partial charge in [-0.3, -0.25) is 9.80 Å². The summed E-state index contributed by atoms with van der Waals surface area (Å²) in [7, 11) is 0. The van der Waals surface area contributed by atoms with Crippen molar-refractivity contribution < 1.29 is 0 Å². The maximum atomic E-state index is 4.58. The molecule has 88 valence electrons. The lowest BCUT2D eigenvalue weighted by Crippen LogP contribution is -2.67. The van der Waals surface area contributed by atoms with E-state index in [-0.39, 0.29) is 0 Å². The molecule has 0 radical (unpaired) electrons. The van der Waals surface area contributed by atoms with Crippen LogP contribution in [0.5, 0.6) is 0 Å². The highest BCUT2D eigenvalue weighted by Gasteiger charge is 2.43. The van der Waals surface area contributed by atoms with Gasteiger partial charge in [-0.2, -0.15) is 12.6 Å². The summed E-state index contributed by atoms with van der Waals surface area (Å²) in [6.45, 7) is 11.7. The molecule has 3 fully saturated rings. The molecule has 0 aliphatic carbocycles. The molecule has 0 saturated carbocycles. The number of thiol groups is 1. The quantitative estimate of drug-likeness (QED) is 0.688. The van der Waals surface area contributed by atoms with E-state index in [2.05, 4.69) is 50.1 Å². The zero-order chi connectivity index (χ0) is 11.2. The lowest BCUT2D eigenvalue weighted by Gasteiger charge is -2.56. The van der Waals surface area contributed by atoms with Crippen LogP contribution in [0.4, 0.5) is 0 Å². The second kappa shape index (κ2) is 3.94. The number of piperidine rings is 2. The number of nitrogens with zero attached hydrogens (tertiary/aromatic N) is 2. The van der Waals surface area contributed by atoms with Crippen molar-refractivity contribution in [2.24, 2.45) is 0 Å². The Morgan fingerprint density at radius 3 is 2.13 bits per heavy atom. The van der Waals surface area contributed by atoms with Gasteiger partial charge in [0.1, 0.15) is 0 Å². The smallest absolute Gasteiger partial charge is 0.0503 e. The summed E-state index contributed by atoms with van der Waals surface area (Å²) in [5.41, 5.74) is 0.329. The van der Waals surface area contributed by atoms with Crippen molar-refractivity contribution in [3.8, 4) is 0 Å². The van der Waals surface area contributed by atoms with E-state index < -0.39 is 0 Å². The first-order valence-corrected chi connectivity index (χ1v) is 6.62. The van der Waals surface area contributed by atoms with Gasteiger partial charge in [0.25, 0.3) is 0 Å². The molecule has 3 atom stereocenters. The number of hydrogen-bond acceptors (Lipinski definition) is 3. The van der Waals surface area contributed by atoms with Crippen molar-refractivity contribution in [1.29, 1.82) is 0 Å². The van der Waals surface area contributed by atoms with Gasteiger partial charge in [0.05, 0.1) is 5.37 Å². The van der Waals surface area contributed by atoms with Gasteiger partial charge >= 0.3 is 0 Å². The summed E-state index contributed by atoms with van der Waals surface area (Å²) in [5.74, 6) is 0. The second-order valence-electron chi connectivity index (χ2n) is 6.04. The molecule has 2 bridgehead atoms. The normalized spacial score (nSPS) is 35.8. The molecule has 3 aliphatic rings. The molecule has 3 unspecified atom stereocenters. The fraction of sp³-hybridized carbons (Fsp3) is 1.00. The van der Waals surface area contributed by atoms with E-state index >= 15 is 0 Å². The van der Waals surface area contributed by atoms with Gasteiger partial charge in [0.2, 0.25) is 0 Å². The van der Waals surface area contributed by atoms with Gasteiger partial charge in [-0.05, 0) is 40.5 Å². The van der Waals surface area contributed by atoms with Crippen LogP contribution in [-0.2, 0) is 0 Å². The Balaban J connectivity index is 2.09. The van der Waals surface area contributed by atoms with Gasteiger partial charge in [-0.1, -0.05) is 0 Å². The predicted molar refractivity (Wildman–Crippen MR) is 68.4 cm³/mol. The fourth-order valence-electron chi connectivity index (χ4n) is 3.14. The summed E-state index contributed by atoms with van der Waals surface area (Å²) in [6, 6.07) is 1.49. The molecule has 15 heavy (non-hydrogen) atoms. The number of fused-ring (bicyclic) bond motifs is 3.